The maximum atomic E-state index is 12.3. The Balaban J connectivity index is 2.22. The highest BCUT2D eigenvalue weighted by Crippen LogP contribution is 2.30. The summed E-state index contributed by atoms with van der Waals surface area (Å²) in [4.78, 5) is 0. The number of nitrogen functional groups attached to an aromatic ring is 1. The fourth-order valence-electron chi connectivity index (χ4n) is 2.04. The number of hydrogen-bond acceptors (Lipinski definition) is 4. The molecule has 0 aliphatic carbocycles. The largest absolute Gasteiger partial charge is 0.398 e. The fourth-order valence-corrected chi connectivity index (χ4v) is 4.82. The Bertz CT molecular complexity index is 495. The molecule has 96 valence electrons. The van der Waals surface area contributed by atoms with Crippen LogP contribution in [0.2, 0.25) is 0 Å². The molecule has 2 unspecified atom stereocenters. The third-order valence-corrected chi connectivity index (χ3v) is 6.79. The minimum absolute atomic E-state index is 0.358. The average Bonchev–Trinajstić information content (AvgIpc) is 2.69. The first-order chi connectivity index (χ1) is 7.91. The van der Waals surface area contributed by atoms with E-state index in [1.807, 2.05) is 0 Å². The van der Waals surface area contributed by atoms with Crippen LogP contribution >= 0.6 is 11.3 Å². The van der Waals surface area contributed by atoms with E-state index in [1.165, 1.54) is 11.3 Å². The van der Waals surface area contributed by atoms with Gasteiger partial charge in [-0.25, -0.2) is 8.42 Å². The van der Waals surface area contributed by atoms with E-state index < -0.39 is 10.0 Å². The highest BCUT2D eigenvalue weighted by atomic mass is 32.2. The highest BCUT2D eigenvalue weighted by molar-refractivity contribution is 7.91. The lowest BCUT2D eigenvalue weighted by Crippen LogP contribution is -2.41. The molecule has 0 saturated carbocycles. The molecule has 0 bridgehead atoms. The summed E-state index contributed by atoms with van der Waals surface area (Å²) < 4.78 is 26.6. The van der Waals surface area contributed by atoms with Gasteiger partial charge in [0.05, 0.1) is 0 Å². The zero-order valence-electron chi connectivity index (χ0n) is 10.1. The first kappa shape index (κ1) is 12.9. The van der Waals surface area contributed by atoms with Crippen molar-refractivity contribution >= 4 is 27.0 Å². The van der Waals surface area contributed by atoms with Crippen molar-refractivity contribution < 1.29 is 8.42 Å². The molecule has 0 radical (unpaired) electrons. The molecule has 2 N–H and O–H groups in total. The Morgan fingerprint density at radius 2 is 2.12 bits per heavy atom. The predicted molar refractivity (Wildman–Crippen MR) is 70.4 cm³/mol. The summed E-state index contributed by atoms with van der Waals surface area (Å²) in [5.41, 5.74) is 6.10. The lowest BCUT2D eigenvalue weighted by atomic mass is 9.90. The average molecular weight is 274 g/mol. The van der Waals surface area contributed by atoms with E-state index in [0.29, 0.717) is 34.8 Å². The molecule has 0 aromatic carbocycles. The van der Waals surface area contributed by atoms with Gasteiger partial charge in [-0.05, 0) is 24.3 Å². The van der Waals surface area contributed by atoms with Crippen LogP contribution in [0.4, 0.5) is 5.69 Å². The van der Waals surface area contributed by atoms with Crippen LogP contribution in [0.1, 0.15) is 20.3 Å². The van der Waals surface area contributed by atoms with E-state index >= 15 is 0 Å². The number of nitrogens with two attached hydrogens (primary N) is 1. The van der Waals surface area contributed by atoms with Gasteiger partial charge in [0, 0.05) is 24.2 Å². The van der Waals surface area contributed by atoms with Crippen LogP contribution < -0.4 is 5.73 Å². The molecular weight excluding hydrogens is 256 g/mol. The fraction of sp³-hybridized carbons (Fsp3) is 0.636. The van der Waals surface area contributed by atoms with Gasteiger partial charge in [-0.2, -0.15) is 4.31 Å². The Hall–Kier alpha value is -0.590. The summed E-state index contributed by atoms with van der Waals surface area (Å²) in [7, 11) is -3.33. The molecule has 0 amide bonds. The smallest absolute Gasteiger partial charge is 0.252 e. The molecule has 2 rings (SSSR count). The van der Waals surface area contributed by atoms with E-state index in [-0.39, 0.29) is 0 Å². The Morgan fingerprint density at radius 3 is 2.65 bits per heavy atom. The zero-order valence-corrected chi connectivity index (χ0v) is 11.7. The Kier molecular flexibility index (Phi) is 3.47. The van der Waals surface area contributed by atoms with Crippen molar-refractivity contribution in [2.45, 2.75) is 24.5 Å². The van der Waals surface area contributed by atoms with Gasteiger partial charge < -0.3 is 5.73 Å². The van der Waals surface area contributed by atoms with Crippen molar-refractivity contribution in [1.82, 2.24) is 4.31 Å². The Morgan fingerprint density at radius 1 is 1.41 bits per heavy atom. The molecule has 1 aromatic heterocycles. The topological polar surface area (TPSA) is 63.4 Å². The monoisotopic (exact) mass is 274 g/mol. The molecule has 1 aliphatic heterocycles. The van der Waals surface area contributed by atoms with Crippen LogP contribution in [0.25, 0.3) is 0 Å². The van der Waals surface area contributed by atoms with Crippen LogP contribution in [0.5, 0.6) is 0 Å². The number of hydrogen-bond donors (Lipinski definition) is 1. The standard InChI is InChI=1S/C11H18N2O2S2/c1-8-3-4-13(6-9(8)2)17(14,15)11-5-10(12)7-16-11/h5,7-9H,3-4,6,12H2,1-2H3. The van der Waals surface area contributed by atoms with E-state index in [1.54, 1.807) is 15.8 Å². The van der Waals surface area contributed by atoms with Crippen LogP contribution in [0.3, 0.4) is 0 Å². The van der Waals surface area contributed by atoms with Gasteiger partial charge in [0.2, 0.25) is 0 Å². The molecule has 1 aromatic rings. The summed E-state index contributed by atoms with van der Waals surface area (Å²) in [6.07, 6.45) is 0.932. The first-order valence-corrected chi connectivity index (χ1v) is 8.07. The third kappa shape index (κ3) is 2.48. The zero-order chi connectivity index (χ0) is 12.6. The highest BCUT2D eigenvalue weighted by Gasteiger charge is 2.32. The molecule has 0 spiro atoms. The van der Waals surface area contributed by atoms with Gasteiger partial charge in [-0.3, -0.25) is 0 Å². The van der Waals surface area contributed by atoms with Crippen molar-refractivity contribution in [2.24, 2.45) is 11.8 Å². The number of anilines is 1. The molecule has 6 heteroatoms. The maximum Gasteiger partial charge on any atom is 0.252 e. The maximum absolute atomic E-state index is 12.3. The van der Waals surface area contributed by atoms with Crippen LogP contribution in [-0.2, 0) is 10.0 Å². The molecular formula is C11H18N2O2S2. The lowest BCUT2D eigenvalue weighted by molar-refractivity contribution is 0.213. The summed E-state index contributed by atoms with van der Waals surface area (Å²) >= 11 is 1.20. The summed E-state index contributed by atoms with van der Waals surface area (Å²) in [5.74, 6) is 1.01. The van der Waals surface area contributed by atoms with E-state index in [0.717, 1.165) is 6.42 Å². The van der Waals surface area contributed by atoms with Crippen LogP contribution in [0, 0.1) is 11.8 Å². The van der Waals surface area contributed by atoms with Crippen molar-refractivity contribution in [3.05, 3.63) is 11.4 Å². The predicted octanol–water partition coefficient (Wildman–Crippen LogP) is 2.00. The van der Waals surface area contributed by atoms with Gasteiger partial charge in [0.1, 0.15) is 4.21 Å². The molecule has 1 fully saturated rings. The van der Waals surface area contributed by atoms with Crippen molar-refractivity contribution in [1.29, 1.82) is 0 Å². The molecule has 2 atom stereocenters. The van der Waals surface area contributed by atoms with Crippen molar-refractivity contribution in [3.8, 4) is 0 Å². The van der Waals surface area contributed by atoms with Gasteiger partial charge >= 0.3 is 0 Å². The van der Waals surface area contributed by atoms with Gasteiger partial charge in [-0.1, -0.05) is 13.8 Å². The third-order valence-electron chi connectivity index (χ3n) is 3.49. The van der Waals surface area contributed by atoms with Crippen molar-refractivity contribution in [3.63, 3.8) is 0 Å². The van der Waals surface area contributed by atoms with Gasteiger partial charge in [-0.15, -0.1) is 11.3 Å². The molecule has 2 heterocycles. The molecule has 1 aliphatic rings. The summed E-state index contributed by atoms with van der Waals surface area (Å²) in [6.45, 7) is 5.51. The molecule has 17 heavy (non-hydrogen) atoms. The SMILES string of the molecule is CC1CCN(S(=O)(=O)c2cc(N)cs2)CC1C. The molecule has 1 saturated heterocycles. The number of rotatable bonds is 2. The number of sulfonamides is 1. The molecule has 4 nitrogen and oxygen atoms in total. The summed E-state index contributed by atoms with van der Waals surface area (Å²) in [6, 6.07) is 1.54. The quantitative estimate of drug-likeness (QED) is 0.897. The van der Waals surface area contributed by atoms with Crippen LogP contribution in [-0.4, -0.2) is 25.8 Å². The first-order valence-electron chi connectivity index (χ1n) is 5.75. The second kappa shape index (κ2) is 4.59. The lowest BCUT2D eigenvalue weighted by Gasteiger charge is -2.34. The number of piperidine rings is 1. The Labute approximate surface area is 106 Å². The second-order valence-electron chi connectivity index (χ2n) is 4.81. The summed E-state index contributed by atoms with van der Waals surface area (Å²) in [5, 5.41) is 1.67. The van der Waals surface area contributed by atoms with E-state index in [4.69, 9.17) is 5.73 Å². The van der Waals surface area contributed by atoms with Crippen LogP contribution in [0.15, 0.2) is 15.7 Å². The minimum atomic E-state index is -3.33. The normalized spacial score (nSPS) is 27.2. The van der Waals surface area contributed by atoms with Gasteiger partial charge in [0.25, 0.3) is 10.0 Å². The van der Waals surface area contributed by atoms with E-state index in [2.05, 4.69) is 13.8 Å². The minimum Gasteiger partial charge on any atom is -0.398 e. The number of nitrogens with zero attached hydrogens (tertiary/aromatic N) is 1. The van der Waals surface area contributed by atoms with E-state index in [9.17, 15) is 8.42 Å². The number of thiophene rings is 1. The van der Waals surface area contributed by atoms with Crippen molar-refractivity contribution in [2.75, 3.05) is 18.8 Å². The second-order valence-corrected chi connectivity index (χ2v) is 7.88. The van der Waals surface area contributed by atoms with Gasteiger partial charge in [0.15, 0.2) is 0 Å².